The van der Waals surface area contributed by atoms with Crippen molar-refractivity contribution in [2.45, 2.75) is 43.9 Å². The summed E-state index contributed by atoms with van der Waals surface area (Å²) in [5.41, 5.74) is 4.69. The summed E-state index contributed by atoms with van der Waals surface area (Å²) in [6, 6.07) is 14.7. The summed E-state index contributed by atoms with van der Waals surface area (Å²) < 4.78 is 5.53. The average Bonchev–Trinajstić information content (AvgIpc) is 3.10. The molecule has 164 valence electrons. The van der Waals surface area contributed by atoms with Crippen LogP contribution in [0.25, 0.3) is 0 Å². The van der Waals surface area contributed by atoms with E-state index in [0.717, 1.165) is 82.7 Å². The maximum Gasteiger partial charge on any atom is 0.235 e. The topological polar surface area (TPSA) is 44.8 Å². The first-order chi connectivity index (χ1) is 15.2. The van der Waals surface area contributed by atoms with Crippen LogP contribution in [-0.2, 0) is 16.6 Å². The molecule has 1 fully saturated rings. The van der Waals surface area contributed by atoms with E-state index in [-0.39, 0.29) is 11.3 Å². The highest BCUT2D eigenvalue weighted by Crippen LogP contribution is 2.49. The Bertz CT molecular complexity index is 951. The molecule has 2 aliphatic heterocycles. The molecular weight excluding hydrogens is 386 g/mol. The quantitative estimate of drug-likeness (QED) is 0.683. The summed E-state index contributed by atoms with van der Waals surface area (Å²) in [5.74, 6) is 1.19. The third-order valence-corrected chi connectivity index (χ3v) is 7.49. The zero-order valence-corrected chi connectivity index (χ0v) is 18.5. The minimum atomic E-state index is -0.271. The van der Waals surface area contributed by atoms with Gasteiger partial charge in [-0.25, -0.2) is 0 Å². The van der Waals surface area contributed by atoms with Crippen molar-refractivity contribution < 1.29 is 9.53 Å². The van der Waals surface area contributed by atoms with Crippen LogP contribution in [0, 0.1) is 0 Å². The van der Waals surface area contributed by atoms with Crippen molar-refractivity contribution in [2.24, 2.45) is 0 Å². The van der Waals surface area contributed by atoms with Crippen LogP contribution in [0.15, 0.2) is 42.5 Å². The van der Waals surface area contributed by atoms with E-state index >= 15 is 0 Å². The van der Waals surface area contributed by atoms with Gasteiger partial charge in [0.15, 0.2) is 0 Å². The Morgan fingerprint density at radius 3 is 2.71 bits per heavy atom. The second-order valence-electron chi connectivity index (χ2n) is 9.19. The number of rotatable bonds is 7. The Morgan fingerprint density at radius 1 is 1.03 bits per heavy atom. The van der Waals surface area contributed by atoms with E-state index in [1.807, 2.05) is 12.1 Å². The van der Waals surface area contributed by atoms with Crippen molar-refractivity contribution in [2.75, 3.05) is 50.1 Å². The van der Waals surface area contributed by atoms with Gasteiger partial charge in [0, 0.05) is 31.9 Å². The van der Waals surface area contributed by atoms with Gasteiger partial charge in [-0.3, -0.25) is 9.69 Å². The number of piperazine rings is 1. The molecule has 5 rings (SSSR count). The Kier molecular flexibility index (Phi) is 5.61. The SMILES string of the molecule is COc1ccccc1N1CCN(CCCC[C@@]23CCCc4cccc(c42)NC3=O)CC1. The van der Waals surface area contributed by atoms with Crippen molar-refractivity contribution in [3.8, 4) is 5.75 Å². The molecule has 0 radical (unpaired) electrons. The number of ether oxygens (including phenoxy) is 1. The molecule has 2 heterocycles. The number of hydrogen-bond donors (Lipinski definition) is 1. The van der Waals surface area contributed by atoms with E-state index in [4.69, 9.17) is 4.74 Å². The van der Waals surface area contributed by atoms with E-state index in [1.165, 1.54) is 16.8 Å². The van der Waals surface area contributed by atoms with Crippen LogP contribution >= 0.6 is 0 Å². The number of methoxy groups -OCH3 is 1. The number of aryl methyl sites for hydroxylation is 1. The second kappa shape index (κ2) is 8.54. The molecule has 31 heavy (non-hydrogen) atoms. The molecular formula is C26H33N3O2. The molecule has 2 aromatic carbocycles. The number of nitrogens with zero attached hydrogens (tertiary/aromatic N) is 2. The number of unbranched alkanes of at least 4 members (excludes halogenated alkanes) is 1. The summed E-state index contributed by atoms with van der Waals surface area (Å²) in [6.45, 7) is 5.34. The lowest BCUT2D eigenvalue weighted by atomic mass is 9.68. The smallest absolute Gasteiger partial charge is 0.235 e. The van der Waals surface area contributed by atoms with Gasteiger partial charge >= 0.3 is 0 Å². The number of anilines is 2. The largest absolute Gasteiger partial charge is 0.495 e. The highest BCUT2D eigenvalue weighted by Gasteiger charge is 2.48. The fourth-order valence-electron chi connectivity index (χ4n) is 5.88. The maximum absolute atomic E-state index is 13.0. The normalized spacial score (nSPS) is 22.9. The molecule has 3 aliphatic rings. The minimum absolute atomic E-state index is 0.236. The fourth-order valence-corrected chi connectivity index (χ4v) is 5.88. The highest BCUT2D eigenvalue weighted by molar-refractivity contribution is 6.07. The van der Waals surface area contributed by atoms with Crippen LogP contribution in [0.1, 0.15) is 43.2 Å². The van der Waals surface area contributed by atoms with Crippen LogP contribution in [0.5, 0.6) is 5.75 Å². The van der Waals surface area contributed by atoms with Crippen molar-refractivity contribution in [1.29, 1.82) is 0 Å². The monoisotopic (exact) mass is 419 g/mol. The Hall–Kier alpha value is -2.53. The molecule has 0 unspecified atom stereocenters. The molecule has 5 nitrogen and oxygen atoms in total. The van der Waals surface area contributed by atoms with Gasteiger partial charge in [-0.15, -0.1) is 0 Å². The van der Waals surface area contributed by atoms with Gasteiger partial charge in [0.25, 0.3) is 0 Å². The van der Waals surface area contributed by atoms with Gasteiger partial charge in [-0.2, -0.15) is 0 Å². The van der Waals surface area contributed by atoms with Crippen LogP contribution in [0.2, 0.25) is 0 Å². The summed E-state index contributed by atoms with van der Waals surface area (Å²) in [5, 5.41) is 3.17. The standard InChI is InChI=1S/C26H33N3O2/c1-31-23-12-3-2-11-22(23)29-18-16-28(17-19-29)15-5-4-13-26-14-7-9-20-8-6-10-21(24(20)26)27-25(26)30/h2-3,6,8,10-12H,4-5,7,9,13-19H2,1H3,(H,27,30)/t26-/m1/s1. The van der Waals surface area contributed by atoms with Crippen LogP contribution < -0.4 is 15.0 Å². The average molecular weight is 420 g/mol. The van der Waals surface area contributed by atoms with E-state index in [1.54, 1.807) is 7.11 Å². The number of carbonyl (C=O) groups excluding carboxylic acids is 1. The number of benzene rings is 2. The van der Waals surface area contributed by atoms with Crippen molar-refractivity contribution in [1.82, 2.24) is 4.90 Å². The molecule has 0 saturated carbocycles. The zero-order chi connectivity index (χ0) is 21.3. The molecule has 0 bridgehead atoms. The summed E-state index contributed by atoms with van der Waals surface area (Å²) in [4.78, 5) is 17.9. The van der Waals surface area contributed by atoms with E-state index < -0.39 is 0 Å². The van der Waals surface area contributed by atoms with Gasteiger partial charge in [0.2, 0.25) is 5.91 Å². The Balaban J connectivity index is 1.14. The summed E-state index contributed by atoms with van der Waals surface area (Å²) in [7, 11) is 1.74. The number of hydrogen-bond acceptors (Lipinski definition) is 4. The van der Waals surface area contributed by atoms with Crippen molar-refractivity contribution in [3.63, 3.8) is 0 Å². The second-order valence-corrected chi connectivity index (χ2v) is 9.19. The molecule has 1 atom stereocenters. The molecule has 1 saturated heterocycles. The maximum atomic E-state index is 13.0. The third-order valence-electron chi connectivity index (χ3n) is 7.49. The lowest BCUT2D eigenvalue weighted by Crippen LogP contribution is -2.46. The third kappa shape index (κ3) is 3.69. The van der Waals surface area contributed by atoms with Gasteiger partial charge in [-0.05, 0) is 68.0 Å². The number of nitrogens with one attached hydrogen (secondary N) is 1. The molecule has 5 heteroatoms. The van der Waals surface area contributed by atoms with Gasteiger partial charge in [0.1, 0.15) is 5.75 Å². The van der Waals surface area contributed by atoms with Crippen LogP contribution in [0.4, 0.5) is 11.4 Å². The van der Waals surface area contributed by atoms with Gasteiger partial charge in [0.05, 0.1) is 18.2 Å². The lowest BCUT2D eigenvalue weighted by molar-refractivity contribution is -0.121. The molecule has 1 amide bonds. The van der Waals surface area contributed by atoms with Crippen LogP contribution in [0.3, 0.4) is 0 Å². The van der Waals surface area contributed by atoms with Crippen LogP contribution in [-0.4, -0.2) is 50.6 Å². The highest BCUT2D eigenvalue weighted by atomic mass is 16.5. The Labute approximate surface area is 185 Å². The minimum Gasteiger partial charge on any atom is -0.495 e. The Morgan fingerprint density at radius 2 is 1.87 bits per heavy atom. The molecule has 0 spiro atoms. The number of para-hydroxylation sites is 2. The number of amides is 1. The van der Waals surface area contributed by atoms with Crippen molar-refractivity contribution >= 4 is 17.3 Å². The van der Waals surface area contributed by atoms with Gasteiger partial charge in [-0.1, -0.05) is 30.7 Å². The molecule has 1 aliphatic carbocycles. The van der Waals surface area contributed by atoms with Gasteiger partial charge < -0.3 is 15.0 Å². The van der Waals surface area contributed by atoms with E-state index in [9.17, 15) is 4.79 Å². The summed E-state index contributed by atoms with van der Waals surface area (Å²) >= 11 is 0. The summed E-state index contributed by atoms with van der Waals surface area (Å²) in [6.07, 6.45) is 6.46. The fraction of sp³-hybridized carbons (Fsp3) is 0.500. The molecule has 0 aromatic heterocycles. The number of carbonyl (C=O) groups is 1. The van der Waals surface area contributed by atoms with E-state index in [0.29, 0.717) is 0 Å². The first kappa shape index (κ1) is 20.4. The first-order valence-corrected chi connectivity index (χ1v) is 11.8. The van der Waals surface area contributed by atoms with E-state index in [2.05, 4.69) is 45.4 Å². The lowest BCUT2D eigenvalue weighted by Gasteiger charge is -2.37. The predicted octanol–water partition coefficient (Wildman–Crippen LogP) is 4.21. The van der Waals surface area contributed by atoms with Crippen molar-refractivity contribution in [3.05, 3.63) is 53.6 Å². The zero-order valence-electron chi connectivity index (χ0n) is 18.5. The molecule has 2 aromatic rings. The molecule has 1 N–H and O–H groups in total. The predicted molar refractivity (Wildman–Crippen MR) is 125 cm³/mol. The first-order valence-electron chi connectivity index (χ1n) is 11.8.